The maximum absolute atomic E-state index is 6.65. The molecule has 0 bridgehead atoms. The molecule has 4 aromatic rings. The van der Waals surface area contributed by atoms with E-state index in [2.05, 4.69) is 90.7 Å². The summed E-state index contributed by atoms with van der Waals surface area (Å²) in [5, 5.41) is 0. The molecule has 0 aliphatic rings. The molecule has 0 radical (unpaired) electrons. The van der Waals surface area contributed by atoms with E-state index in [0.29, 0.717) is 0 Å². The van der Waals surface area contributed by atoms with Crippen LogP contribution in [0.1, 0.15) is 12.5 Å². The molecule has 33 heavy (non-hydrogen) atoms. The van der Waals surface area contributed by atoms with Crippen molar-refractivity contribution in [3.8, 4) is 33.4 Å². The van der Waals surface area contributed by atoms with Crippen LogP contribution in [0.25, 0.3) is 39.5 Å². The normalized spacial score (nSPS) is 11.4. The molecular formula is C30H29N3. The Labute approximate surface area is 196 Å². The van der Waals surface area contributed by atoms with E-state index in [4.69, 9.17) is 5.73 Å². The van der Waals surface area contributed by atoms with Gasteiger partial charge in [-0.25, -0.2) is 0 Å². The molecule has 0 spiro atoms. The van der Waals surface area contributed by atoms with E-state index >= 15 is 0 Å². The van der Waals surface area contributed by atoms with Crippen LogP contribution >= 0.6 is 0 Å². The second-order valence-electron chi connectivity index (χ2n) is 8.12. The molecule has 2 N–H and O–H groups in total. The van der Waals surface area contributed by atoms with Crippen LogP contribution in [0.4, 0.5) is 11.4 Å². The van der Waals surface area contributed by atoms with Gasteiger partial charge in [0, 0.05) is 60.0 Å². The minimum absolute atomic E-state index is 0.763. The number of benzene rings is 3. The predicted molar refractivity (Wildman–Crippen MR) is 143 cm³/mol. The van der Waals surface area contributed by atoms with E-state index < -0.39 is 0 Å². The van der Waals surface area contributed by atoms with Crippen LogP contribution < -0.4 is 10.6 Å². The van der Waals surface area contributed by atoms with Crippen molar-refractivity contribution in [2.75, 3.05) is 24.7 Å². The van der Waals surface area contributed by atoms with Gasteiger partial charge in [0.2, 0.25) is 0 Å². The van der Waals surface area contributed by atoms with Crippen LogP contribution in [-0.4, -0.2) is 19.1 Å². The van der Waals surface area contributed by atoms with Gasteiger partial charge >= 0.3 is 0 Å². The first kappa shape index (κ1) is 22.1. The van der Waals surface area contributed by atoms with Gasteiger partial charge in [0.1, 0.15) is 0 Å². The average molecular weight is 432 g/mol. The lowest BCUT2D eigenvalue weighted by molar-refractivity contribution is 1.13. The van der Waals surface area contributed by atoms with Crippen molar-refractivity contribution >= 4 is 17.5 Å². The van der Waals surface area contributed by atoms with Crippen LogP contribution in [0.3, 0.4) is 0 Å². The van der Waals surface area contributed by atoms with E-state index in [1.807, 2.05) is 49.7 Å². The zero-order valence-electron chi connectivity index (χ0n) is 19.4. The number of hydrogen-bond donors (Lipinski definition) is 1. The molecule has 0 unspecified atom stereocenters. The zero-order valence-corrected chi connectivity index (χ0v) is 19.4. The standard InChI is InChI=1S/C30H29N3/c1-4-5-7-14-23-15-10-18-28(30(23)33(2)3)25-19-24(20-32-21-25)27-17-11-16-26(29(27)31)22-12-8-6-9-13-22/h4-21H,31H2,1-3H3/b5-4-,14-7-. The third kappa shape index (κ3) is 4.73. The molecule has 0 fully saturated rings. The molecule has 1 aromatic heterocycles. The molecule has 164 valence electrons. The van der Waals surface area contributed by atoms with Crippen LogP contribution in [0.5, 0.6) is 0 Å². The quantitative estimate of drug-likeness (QED) is 0.257. The Bertz CT molecular complexity index is 1300. The number of aromatic nitrogens is 1. The molecule has 3 nitrogen and oxygen atoms in total. The van der Waals surface area contributed by atoms with Gasteiger partial charge in [0.25, 0.3) is 0 Å². The van der Waals surface area contributed by atoms with Crippen molar-refractivity contribution in [2.24, 2.45) is 0 Å². The van der Waals surface area contributed by atoms with Crippen molar-refractivity contribution in [1.29, 1.82) is 0 Å². The van der Waals surface area contributed by atoms with Crippen LogP contribution in [0.15, 0.2) is 103 Å². The second kappa shape index (κ2) is 10.0. The maximum Gasteiger partial charge on any atom is 0.0514 e. The van der Waals surface area contributed by atoms with Crippen LogP contribution in [-0.2, 0) is 0 Å². The molecule has 0 aliphatic carbocycles. The van der Waals surface area contributed by atoms with E-state index in [0.717, 1.165) is 50.3 Å². The van der Waals surface area contributed by atoms with Gasteiger partial charge in [0.05, 0.1) is 5.69 Å². The van der Waals surface area contributed by atoms with Gasteiger partial charge in [-0.1, -0.05) is 91.0 Å². The van der Waals surface area contributed by atoms with Crippen molar-refractivity contribution in [1.82, 2.24) is 4.98 Å². The predicted octanol–water partition coefficient (Wildman–Crippen LogP) is 7.32. The summed E-state index contributed by atoms with van der Waals surface area (Å²) in [7, 11) is 4.15. The van der Waals surface area contributed by atoms with Crippen molar-refractivity contribution in [3.63, 3.8) is 0 Å². The maximum atomic E-state index is 6.65. The molecule has 0 amide bonds. The molecule has 4 rings (SSSR count). The highest BCUT2D eigenvalue weighted by Gasteiger charge is 2.14. The minimum Gasteiger partial charge on any atom is -0.398 e. The lowest BCUT2D eigenvalue weighted by Crippen LogP contribution is -2.11. The first-order valence-electron chi connectivity index (χ1n) is 11.1. The molecule has 0 saturated carbocycles. The number of nitrogens with two attached hydrogens (primary N) is 1. The summed E-state index contributed by atoms with van der Waals surface area (Å²) in [5.74, 6) is 0. The molecule has 3 heteroatoms. The molecule has 0 saturated heterocycles. The highest BCUT2D eigenvalue weighted by atomic mass is 15.1. The number of anilines is 2. The summed E-state index contributed by atoms with van der Waals surface area (Å²) in [6, 6.07) is 25.0. The summed E-state index contributed by atoms with van der Waals surface area (Å²) >= 11 is 0. The van der Waals surface area contributed by atoms with Gasteiger partial charge in [-0.15, -0.1) is 0 Å². The fourth-order valence-electron chi connectivity index (χ4n) is 4.12. The Hall–Kier alpha value is -4.11. The fourth-order valence-corrected chi connectivity index (χ4v) is 4.12. The topological polar surface area (TPSA) is 42.1 Å². The molecule has 1 heterocycles. The lowest BCUT2D eigenvalue weighted by atomic mass is 9.94. The van der Waals surface area contributed by atoms with E-state index in [-0.39, 0.29) is 0 Å². The molecule has 0 aliphatic heterocycles. The van der Waals surface area contributed by atoms with Crippen molar-refractivity contribution < 1.29 is 0 Å². The minimum atomic E-state index is 0.763. The molecule has 3 aromatic carbocycles. The van der Waals surface area contributed by atoms with Gasteiger partial charge in [0.15, 0.2) is 0 Å². The Kier molecular flexibility index (Phi) is 6.70. The van der Waals surface area contributed by atoms with Gasteiger partial charge in [-0.05, 0) is 24.1 Å². The first-order valence-corrected chi connectivity index (χ1v) is 11.1. The number of pyridine rings is 1. The number of para-hydroxylation sites is 2. The highest BCUT2D eigenvalue weighted by Crippen LogP contribution is 2.38. The first-order chi connectivity index (χ1) is 16.1. The zero-order chi connectivity index (χ0) is 23.2. The molecule has 0 atom stereocenters. The molecular weight excluding hydrogens is 402 g/mol. The van der Waals surface area contributed by atoms with E-state index in [9.17, 15) is 0 Å². The Morgan fingerprint density at radius 3 is 2.06 bits per heavy atom. The summed E-state index contributed by atoms with van der Waals surface area (Å²) in [6.07, 6.45) is 12.1. The SMILES string of the molecule is C/C=C\C=C/c1cccc(-c2cncc(-c3cccc(-c4ccccc4)c3N)c2)c1N(C)C. The fraction of sp³-hybridized carbons (Fsp3) is 0.100. The number of rotatable bonds is 6. The lowest BCUT2D eigenvalue weighted by Gasteiger charge is -2.21. The summed E-state index contributed by atoms with van der Waals surface area (Å²) in [6.45, 7) is 2.02. The second-order valence-corrected chi connectivity index (χ2v) is 8.12. The number of nitrogen functional groups attached to an aromatic ring is 1. The summed E-state index contributed by atoms with van der Waals surface area (Å²) in [4.78, 5) is 6.74. The Balaban J connectivity index is 1.82. The van der Waals surface area contributed by atoms with Crippen LogP contribution in [0.2, 0.25) is 0 Å². The van der Waals surface area contributed by atoms with Gasteiger partial charge in [-0.2, -0.15) is 0 Å². The number of allylic oxidation sites excluding steroid dienone is 3. The average Bonchev–Trinajstić information content (AvgIpc) is 2.84. The highest BCUT2D eigenvalue weighted by molar-refractivity contribution is 5.91. The van der Waals surface area contributed by atoms with Crippen LogP contribution in [0, 0.1) is 0 Å². The Morgan fingerprint density at radius 2 is 1.36 bits per heavy atom. The van der Waals surface area contributed by atoms with Gasteiger partial charge < -0.3 is 10.6 Å². The summed E-state index contributed by atoms with van der Waals surface area (Å²) < 4.78 is 0. The largest absolute Gasteiger partial charge is 0.398 e. The third-order valence-electron chi connectivity index (χ3n) is 5.64. The van der Waals surface area contributed by atoms with E-state index in [1.165, 1.54) is 0 Å². The summed E-state index contributed by atoms with van der Waals surface area (Å²) in [5.41, 5.74) is 16.1. The number of hydrogen-bond acceptors (Lipinski definition) is 3. The van der Waals surface area contributed by atoms with Gasteiger partial charge in [-0.3, -0.25) is 4.98 Å². The van der Waals surface area contributed by atoms with E-state index in [1.54, 1.807) is 0 Å². The third-order valence-corrected chi connectivity index (χ3v) is 5.64. The Morgan fingerprint density at radius 1 is 0.727 bits per heavy atom. The number of nitrogens with zero attached hydrogens (tertiary/aromatic N) is 2. The van der Waals surface area contributed by atoms with Crippen molar-refractivity contribution in [3.05, 3.63) is 109 Å². The monoisotopic (exact) mass is 431 g/mol. The van der Waals surface area contributed by atoms with Crippen molar-refractivity contribution in [2.45, 2.75) is 6.92 Å². The smallest absolute Gasteiger partial charge is 0.0514 e.